The van der Waals surface area contributed by atoms with Crippen molar-refractivity contribution in [2.45, 2.75) is 6.54 Å². The first-order valence-electron chi connectivity index (χ1n) is 6.70. The van der Waals surface area contributed by atoms with Gasteiger partial charge >= 0.3 is 0 Å². The summed E-state index contributed by atoms with van der Waals surface area (Å²) in [7, 11) is 1.89. The molecule has 0 saturated heterocycles. The Morgan fingerprint density at radius 3 is 2.48 bits per heavy atom. The number of nitrogens with one attached hydrogen (secondary N) is 1. The van der Waals surface area contributed by atoms with Crippen LogP contribution in [-0.2, 0) is 6.54 Å². The number of nitrogens with zero attached hydrogens (tertiary/aromatic N) is 1. The Hall–Kier alpha value is -2.14. The maximum Gasteiger partial charge on any atom is 0.128 e. The molecule has 0 aliphatic carbocycles. The van der Waals surface area contributed by atoms with Gasteiger partial charge in [0.25, 0.3) is 0 Å². The zero-order valence-corrected chi connectivity index (χ0v) is 11.8. The summed E-state index contributed by atoms with van der Waals surface area (Å²) in [4.78, 5) is 1.93. The van der Waals surface area contributed by atoms with Crippen molar-refractivity contribution < 1.29 is 13.9 Å². The van der Waals surface area contributed by atoms with Gasteiger partial charge in [-0.25, -0.2) is 8.78 Å². The topological polar surface area (TPSA) is 35.5 Å². The first kappa shape index (κ1) is 15.3. The molecule has 0 aliphatic heterocycles. The average molecular weight is 292 g/mol. The molecule has 0 radical (unpaired) electrons. The third-order valence-electron chi connectivity index (χ3n) is 3.23. The van der Waals surface area contributed by atoms with Gasteiger partial charge in [-0.1, -0.05) is 0 Å². The molecule has 0 unspecified atom stereocenters. The zero-order chi connectivity index (χ0) is 15.2. The standard InChI is InChI=1S/C16H18F2N2O/c1-20(8-9-21)15-5-3-14(4-6-15)19-11-12-10-13(17)2-7-16(12)18/h2-7,10,19,21H,8-9,11H2,1H3. The van der Waals surface area contributed by atoms with Gasteiger partial charge in [-0.15, -0.1) is 0 Å². The number of hydrogen-bond donors (Lipinski definition) is 2. The summed E-state index contributed by atoms with van der Waals surface area (Å²) >= 11 is 0. The maximum atomic E-state index is 13.5. The summed E-state index contributed by atoms with van der Waals surface area (Å²) in [6.45, 7) is 0.867. The van der Waals surface area contributed by atoms with Crippen molar-refractivity contribution in [3.05, 3.63) is 59.7 Å². The van der Waals surface area contributed by atoms with E-state index >= 15 is 0 Å². The Morgan fingerprint density at radius 2 is 1.81 bits per heavy atom. The fraction of sp³-hybridized carbons (Fsp3) is 0.250. The Labute approximate surface area is 122 Å². The van der Waals surface area contributed by atoms with Crippen LogP contribution in [0, 0.1) is 11.6 Å². The Morgan fingerprint density at radius 1 is 1.10 bits per heavy atom. The first-order valence-corrected chi connectivity index (χ1v) is 6.70. The molecule has 0 atom stereocenters. The second-order valence-corrected chi connectivity index (χ2v) is 4.78. The number of anilines is 2. The lowest BCUT2D eigenvalue weighted by molar-refractivity contribution is 0.304. The monoisotopic (exact) mass is 292 g/mol. The van der Waals surface area contributed by atoms with E-state index in [1.165, 1.54) is 6.07 Å². The summed E-state index contributed by atoms with van der Waals surface area (Å²) in [6.07, 6.45) is 0. The Kier molecular flexibility index (Phi) is 5.11. The molecule has 3 nitrogen and oxygen atoms in total. The highest BCUT2D eigenvalue weighted by molar-refractivity contribution is 5.54. The van der Waals surface area contributed by atoms with Crippen LogP contribution < -0.4 is 10.2 Å². The van der Waals surface area contributed by atoms with Crippen LogP contribution in [0.2, 0.25) is 0 Å². The molecule has 0 bridgehead atoms. The van der Waals surface area contributed by atoms with Gasteiger partial charge in [0, 0.05) is 37.1 Å². The van der Waals surface area contributed by atoms with Crippen molar-refractivity contribution in [3.63, 3.8) is 0 Å². The fourth-order valence-electron chi connectivity index (χ4n) is 1.99. The molecule has 0 heterocycles. The minimum Gasteiger partial charge on any atom is -0.395 e. The molecule has 2 aromatic carbocycles. The normalized spacial score (nSPS) is 10.5. The lowest BCUT2D eigenvalue weighted by Gasteiger charge is -2.18. The van der Waals surface area contributed by atoms with Gasteiger partial charge in [-0.3, -0.25) is 0 Å². The number of aliphatic hydroxyl groups is 1. The molecule has 2 aromatic rings. The van der Waals surface area contributed by atoms with Crippen LogP contribution in [0.1, 0.15) is 5.56 Å². The van der Waals surface area contributed by atoms with Gasteiger partial charge in [0.15, 0.2) is 0 Å². The summed E-state index contributed by atoms with van der Waals surface area (Å²) in [5.41, 5.74) is 2.09. The highest BCUT2D eigenvalue weighted by Gasteiger charge is 2.04. The molecule has 5 heteroatoms. The van der Waals surface area contributed by atoms with E-state index < -0.39 is 11.6 Å². The van der Waals surface area contributed by atoms with Crippen LogP contribution >= 0.6 is 0 Å². The van der Waals surface area contributed by atoms with E-state index in [1.54, 1.807) is 0 Å². The van der Waals surface area contributed by atoms with Crippen LogP contribution in [0.15, 0.2) is 42.5 Å². The molecule has 0 saturated carbocycles. The number of rotatable bonds is 6. The van der Waals surface area contributed by atoms with Gasteiger partial charge in [-0.2, -0.15) is 0 Å². The number of benzene rings is 2. The predicted octanol–water partition coefficient (Wildman–Crippen LogP) is 3.01. The SMILES string of the molecule is CN(CCO)c1ccc(NCc2cc(F)ccc2F)cc1. The zero-order valence-electron chi connectivity index (χ0n) is 11.8. The lowest BCUT2D eigenvalue weighted by Crippen LogP contribution is -2.20. The Bertz CT molecular complexity index is 587. The maximum absolute atomic E-state index is 13.5. The molecule has 0 aliphatic rings. The molecule has 0 amide bonds. The van der Waals surface area contributed by atoms with Gasteiger partial charge in [0.05, 0.1) is 6.61 Å². The van der Waals surface area contributed by atoms with E-state index in [4.69, 9.17) is 5.11 Å². The van der Waals surface area contributed by atoms with E-state index in [1.807, 2.05) is 36.2 Å². The molecule has 2 rings (SSSR count). The van der Waals surface area contributed by atoms with E-state index in [-0.39, 0.29) is 18.7 Å². The summed E-state index contributed by atoms with van der Waals surface area (Å²) in [5.74, 6) is -0.877. The van der Waals surface area contributed by atoms with Crippen LogP contribution in [0.4, 0.5) is 20.2 Å². The number of hydrogen-bond acceptors (Lipinski definition) is 3. The minimum absolute atomic E-state index is 0.0926. The minimum atomic E-state index is -0.450. The van der Waals surface area contributed by atoms with Crippen LogP contribution in [0.25, 0.3) is 0 Å². The molecule has 0 aromatic heterocycles. The second kappa shape index (κ2) is 7.04. The largest absolute Gasteiger partial charge is 0.395 e. The third-order valence-corrected chi connectivity index (χ3v) is 3.23. The second-order valence-electron chi connectivity index (χ2n) is 4.78. The molecular formula is C16H18F2N2O. The van der Waals surface area contributed by atoms with Gasteiger partial charge in [-0.05, 0) is 42.5 Å². The smallest absolute Gasteiger partial charge is 0.128 e. The van der Waals surface area contributed by atoms with E-state index in [0.717, 1.165) is 23.5 Å². The summed E-state index contributed by atoms with van der Waals surface area (Å²) < 4.78 is 26.6. The molecule has 112 valence electrons. The van der Waals surface area contributed by atoms with Crippen molar-refractivity contribution in [2.75, 3.05) is 30.4 Å². The van der Waals surface area contributed by atoms with Crippen molar-refractivity contribution >= 4 is 11.4 Å². The molecule has 21 heavy (non-hydrogen) atoms. The van der Waals surface area contributed by atoms with Crippen molar-refractivity contribution in [1.82, 2.24) is 0 Å². The van der Waals surface area contributed by atoms with Gasteiger partial charge in [0.2, 0.25) is 0 Å². The number of halogens is 2. The van der Waals surface area contributed by atoms with E-state index in [0.29, 0.717) is 6.54 Å². The third kappa shape index (κ3) is 4.16. The van der Waals surface area contributed by atoms with Crippen LogP contribution in [-0.4, -0.2) is 25.3 Å². The predicted molar refractivity (Wildman–Crippen MR) is 80.5 cm³/mol. The first-order chi connectivity index (χ1) is 10.1. The quantitative estimate of drug-likeness (QED) is 0.859. The summed E-state index contributed by atoms with van der Waals surface area (Å²) in [6, 6.07) is 10.9. The highest BCUT2D eigenvalue weighted by Crippen LogP contribution is 2.18. The van der Waals surface area contributed by atoms with Crippen LogP contribution in [0.5, 0.6) is 0 Å². The lowest BCUT2D eigenvalue weighted by atomic mass is 10.2. The van der Waals surface area contributed by atoms with Crippen molar-refractivity contribution in [3.8, 4) is 0 Å². The molecular weight excluding hydrogens is 274 g/mol. The number of likely N-dealkylation sites (N-methyl/N-ethyl adjacent to an activating group) is 1. The fourth-order valence-corrected chi connectivity index (χ4v) is 1.99. The molecule has 0 spiro atoms. The summed E-state index contributed by atoms with van der Waals surface area (Å²) in [5, 5.41) is 11.9. The number of aliphatic hydroxyl groups excluding tert-OH is 1. The van der Waals surface area contributed by atoms with Crippen molar-refractivity contribution in [2.24, 2.45) is 0 Å². The van der Waals surface area contributed by atoms with E-state index in [2.05, 4.69) is 5.32 Å². The average Bonchev–Trinajstić information content (AvgIpc) is 2.49. The van der Waals surface area contributed by atoms with E-state index in [9.17, 15) is 8.78 Å². The highest BCUT2D eigenvalue weighted by atomic mass is 19.1. The van der Waals surface area contributed by atoms with Gasteiger partial charge in [0.1, 0.15) is 11.6 Å². The Balaban J connectivity index is 1.99. The molecule has 0 fully saturated rings. The van der Waals surface area contributed by atoms with Crippen LogP contribution in [0.3, 0.4) is 0 Å². The molecule has 2 N–H and O–H groups in total. The van der Waals surface area contributed by atoms with Gasteiger partial charge < -0.3 is 15.3 Å². The van der Waals surface area contributed by atoms with Crippen molar-refractivity contribution in [1.29, 1.82) is 0 Å².